The molecule has 0 atom stereocenters. The molecule has 0 spiro atoms. The Kier molecular flexibility index (Phi) is 4.77. The van der Waals surface area contributed by atoms with E-state index >= 15 is 0 Å². The Morgan fingerprint density at radius 2 is 1.83 bits per heavy atom. The maximum Gasteiger partial charge on any atom is 0.255 e. The number of benzene rings is 2. The van der Waals surface area contributed by atoms with E-state index in [1.54, 1.807) is 31.2 Å². The number of hydrogen-bond donors (Lipinski definition) is 1. The summed E-state index contributed by atoms with van der Waals surface area (Å²) in [5, 5.41) is 2.70. The van der Waals surface area contributed by atoms with Crippen molar-refractivity contribution in [2.75, 3.05) is 12.1 Å². The van der Waals surface area contributed by atoms with E-state index in [0.717, 1.165) is 0 Å². The number of aryl methyl sites for hydroxylation is 1. The molecule has 1 aliphatic rings. The van der Waals surface area contributed by atoms with Crippen LogP contribution < -0.4 is 14.8 Å². The number of fused-ring (bicyclic) bond motifs is 1. The zero-order valence-electron chi connectivity index (χ0n) is 15.2. The molecule has 2 heterocycles. The highest BCUT2D eigenvalue weighted by molar-refractivity contribution is 7.94. The minimum Gasteiger partial charge on any atom is -0.454 e. The number of hydrogen-bond acceptors (Lipinski definition) is 7. The van der Waals surface area contributed by atoms with E-state index in [-0.39, 0.29) is 23.5 Å². The van der Waals surface area contributed by atoms with Gasteiger partial charge in [0.05, 0.1) is 4.90 Å². The first-order chi connectivity index (χ1) is 13.9. The Morgan fingerprint density at radius 1 is 1.07 bits per heavy atom. The van der Waals surface area contributed by atoms with Crippen LogP contribution in [0.15, 0.2) is 59.6 Å². The van der Waals surface area contributed by atoms with Crippen LogP contribution in [0.3, 0.4) is 0 Å². The summed E-state index contributed by atoms with van der Waals surface area (Å²) in [6, 6.07) is 12.1. The van der Waals surface area contributed by atoms with Crippen LogP contribution >= 0.6 is 0 Å². The van der Waals surface area contributed by atoms with E-state index in [9.17, 15) is 13.2 Å². The van der Waals surface area contributed by atoms with Crippen LogP contribution in [0.4, 0.5) is 11.6 Å². The lowest BCUT2D eigenvalue weighted by molar-refractivity contribution is 0.102. The van der Waals surface area contributed by atoms with Crippen molar-refractivity contribution in [2.24, 2.45) is 0 Å². The van der Waals surface area contributed by atoms with Crippen molar-refractivity contribution in [3.05, 3.63) is 70.7 Å². The van der Waals surface area contributed by atoms with Crippen LogP contribution in [-0.4, -0.2) is 31.1 Å². The molecule has 9 nitrogen and oxygen atoms in total. The zero-order valence-corrected chi connectivity index (χ0v) is 16.0. The molecular formula is C19H15N4O5S-. The molecule has 0 unspecified atom stereocenters. The van der Waals surface area contributed by atoms with Crippen molar-refractivity contribution in [1.82, 2.24) is 9.97 Å². The molecule has 0 bridgehead atoms. The molecule has 1 N–H and O–H groups in total. The lowest BCUT2D eigenvalue weighted by Crippen LogP contribution is -2.11. The van der Waals surface area contributed by atoms with Crippen LogP contribution in [-0.2, 0) is 10.0 Å². The third kappa shape index (κ3) is 4.11. The average Bonchev–Trinajstić information content (AvgIpc) is 3.16. The van der Waals surface area contributed by atoms with Gasteiger partial charge in [-0.25, -0.2) is 8.42 Å². The predicted octanol–water partition coefficient (Wildman–Crippen LogP) is 3.16. The number of aromatic nitrogens is 2. The summed E-state index contributed by atoms with van der Waals surface area (Å²) < 4.78 is 38.9. The second-order valence-electron chi connectivity index (χ2n) is 6.11. The fourth-order valence-electron chi connectivity index (χ4n) is 2.59. The fraction of sp³-hybridized carbons (Fsp3) is 0.105. The minimum atomic E-state index is -3.98. The molecular weight excluding hydrogens is 396 g/mol. The summed E-state index contributed by atoms with van der Waals surface area (Å²) in [5.74, 6) is 0.582. The van der Waals surface area contributed by atoms with Gasteiger partial charge in [0.1, 0.15) is 0 Å². The van der Waals surface area contributed by atoms with Crippen LogP contribution in [0, 0.1) is 6.92 Å². The summed E-state index contributed by atoms with van der Waals surface area (Å²) in [7, 11) is -3.98. The van der Waals surface area contributed by atoms with Crippen molar-refractivity contribution in [3.8, 4) is 11.5 Å². The van der Waals surface area contributed by atoms with Gasteiger partial charge in [0.15, 0.2) is 11.5 Å². The highest BCUT2D eigenvalue weighted by Gasteiger charge is 2.17. The monoisotopic (exact) mass is 411 g/mol. The lowest BCUT2D eigenvalue weighted by atomic mass is 10.2. The maximum absolute atomic E-state index is 12.4. The molecule has 10 heteroatoms. The topological polar surface area (TPSA) is 122 Å². The van der Waals surface area contributed by atoms with E-state index in [1.165, 1.54) is 30.5 Å². The number of sulfonamides is 1. The molecule has 148 valence electrons. The first-order valence-electron chi connectivity index (χ1n) is 8.49. The Balaban J connectivity index is 1.46. The third-order valence-electron chi connectivity index (χ3n) is 4.03. The van der Waals surface area contributed by atoms with Gasteiger partial charge in [-0.3, -0.25) is 9.52 Å². The standard InChI is InChI=1S/C19H16N4O5S/c1-12-8-9-20-19(21-12)23-29(25,26)15-5-3-14(4-6-15)22-18(24)13-2-7-16-17(10-13)28-11-27-16/h2-10H,11H2,1H3,(H2,20,21,22,23,24)/p-1. The first kappa shape index (κ1) is 18.7. The number of anilines is 1. The highest BCUT2D eigenvalue weighted by Crippen LogP contribution is 2.32. The largest absolute Gasteiger partial charge is 0.454 e. The Bertz CT molecular complexity index is 1180. The number of nitrogens with one attached hydrogen (secondary N) is 1. The quantitative estimate of drug-likeness (QED) is 0.684. The van der Waals surface area contributed by atoms with Gasteiger partial charge in [0.2, 0.25) is 16.8 Å². The molecule has 0 saturated carbocycles. The lowest BCUT2D eigenvalue weighted by Gasteiger charge is -2.14. The van der Waals surface area contributed by atoms with Gasteiger partial charge >= 0.3 is 0 Å². The van der Waals surface area contributed by atoms with E-state index in [1.807, 2.05) is 0 Å². The molecule has 29 heavy (non-hydrogen) atoms. The van der Waals surface area contributed by atoms with E-state index in [2.05, 4.69) is 20.0 Å². The summed E-state index contributed by atoms with van der Waals surface area (Å²) in [6.45, 7) is 1.83. The normalized spacial score (nSPS) is 12.4. The van der Waals surface area contributed by atoms with E-state index < -0.39 is 10.0 Å². The smallest absolute Gasteiger partial charge is 0.255 e. The van der Waals surface area contributed by atoms with Crippen molar-refractivity contribution in [1.29, 1.82) is 0 Å². The summed E-state index contributed by atoms with van der Waals surface area (Å²) in [6.07, 6.45) is 1.44. The summed E-state index contributed by atoms with van der Waals surface area (Å²) >= 11 is 0. The van der Waals surface area contributed by atoms with Crippen LogP contribution in [0.2, 0.25) is 0 Å². The molecule has 0 radical (unpaired) electrons. The molecule has 0 saturated heterocycles. The SMILES string of the molecule is Cc1ccnc([N-]S(=O)(=O)c2ccc(NC(=O)c3ccc4c(c3)OCO4)cc2)n1. The van der Waals surface area contributed by atoms with E-state index in [0.29, 0.717) is 28.4 Å². The number of carbonyl (C=O) groups excluding carboxylic acids is 1. The Labute approximate surface area is 166 Å². The van der Waals surface area contributed by atoms with Gasteiger partial charge in [0, 0.05) is 17.2 Å². The van der Waals surface area contributed by atoms with Gasteiger partial charge in [0.25, 0.3) is 5.91 Å². The molecule has 2 aromatic carbocycles. The molecule has 3 aromatic rings. The number of amides is 1. The van der Waals surface area contributed by atoms with Crippen LogP contribution in [0.5, 0.6) is 11.5 Å². The second-order valence-corrected chi connectivity index (χ2v) is 7.72. The van der Waals surface area contributed by atoms with Gasteiger partial charge in [-0.05, 0) is 61.3 Å². The summed E-state index contributed by atoms with van der Waals surface area (Å²) in [4.78, 5) is 20.2. The van der Waals surface area contributed by atoms with Crippen molar-refractivity contribution >= 4 is 27.6 Å². The van der Waals surface area contributed by atoms with Gasteiger partial charge in [-0.2, -0.15) is 0 Å². The molecule has 4 rings (SSSR count). The first-order valence-corrected chi connectivity index (χ1v) is 9.93. The molecule has 1 aromatic heterocycles. The molecule has 0 aliphatic carbocycles. The van der Waals surface area contributed by atoms with Crippen LogP contribution in [0.1, 0.15) is 16.1 Å². The number of carbonyl (C=O) groups is 1. The maximum atomic E-state index is 12.4. The third-order valence-corrected chi connectivity index (χ3v) is 5.30. The number of nitrogens with zero attached hydrogens (tertiary/aromatic N) is 3. The Hall–Kier alpha value is -3.66. The zero-order chi connectivity index (χ0) is 20.4. The van der Waals surface area contributed by atoms with Crippen molar-refractivity contribution < 1.29 is 22.7 Å². The highest BCUT2D eigenvalue weighted by atomic mass is 32.2. The van der Waals surface area contributed by atoms with Gasteiger partial charge in [-0.15, -0.1) is 0 Å². The fourth-order valence-corrected chi connectivity index (χ4v) is 3.48. The minimum absolute atomic E-state index is 0.0383. The van der Waals surface area contributed by atoms with Gasteiger partial charge < -0.3 is 24.8 Å². The van der Waals surface area contributed by atoms with Crippen molar-refractivity contribution in [2.45, 2.75) is 11.8 Å². The molecule has 1 amide bonds. The van der Waals surface area contributed by atoms with Gasteiger partial charge in [-0.1, -0.05) is 6.07 Å². The summed E-state index contributed by atoms with van der Waals surface area (Å²) in [5.41, 5.74) is 1.42. The van der Waals surface area contributed by atoms with Crippen LogP contribution in [0.25, 0.3) is 4.72 Å². The molecule has 0 fully saturated rings. The average molecular weight is 411 g/mol. The Morgan fingerprint density at radius 3 is 2.59 bits per heavy atom. The molecule has 1 aliphatic heterocycles. The predicted molar refractivity (Wildman–Crippen MR) is 104 cm³/mol. The van der Waals surface area contributed by atoms with Crippen molar-refractivity contribution in [3.63, 3.8) is 0 Å². The van der Waals surface area contributed by atoms with E-state index in [4.69, 9.17) is 9.47 Å². The second kappa shape index (κ2) is 7.40. The number of ether oxygens (including phenoxy) is 2. The number of rotatable bonds is 5.